The molecule has 2 aromatic rings. The summed E-state index contributed by atoms with van der Waals surface area (Å²) in [4.78, 5) is 23.2. The summed E-state index contributed by atoms with van der Waals surface area (Å²) in [7, 11) is 0. The number of hydrogen-bond donors (Lipinski definition) is 0. The Balaban J connectivity index is 2.64. The molecule has 116 valence electrons. The monoisotopic (exact) mass is 337 g/mol. The van der Waals surface area contributed by atoms with Crippen LogP contribution in [0.2, 0.25) is 5.28 Å². The highest BCUT2D eigenvalue weighted by Gasteiger charge is 2.22. The first-order chi connectivity index (χ1) is 10.6. The Bertz CT molecular complexity index is 704. The predicted molar refractivity (Wildman–Crippen MR) is 91.0 cm³/mol. The van der Waals surface area contributed by atoms with Crippen LogP contribution in [0.4, 0.5) is 5.82 Å². The molecule has 0 aromatic carbocycles. The van der Waals surface area contributed by atoms with E-state index in [1.807, 2.05) is 4.90 Å². The Kier molecular flexibility index (Phi) is 5.51. The predicted octanol–water partition coefficient (Wildman–Crippen LogP) is 3.70. The van der Waals surface area contributed by atoms with Crippen molar-refractivity contribution in [3.8, 4) is 0 Å². The van der Waals surface area contributed by atoms with Crippen molar-refractivity contribution in [1.82, 2.24) is 9.97 Å². The number of esters is 1. The second-order valence-electron chi connectivity index (χ2n) is 4.35. The van der Waals surface area contributed by atoms with Crippen molar-refractivity contribution >= 4 is 44.9 Å². The number of carbonyl (C=O) groups excluding carboxylic acids is 1. The Labute approximate surface area is 137 Å². The van der Waals surface area contributed by atoms with Crippen molar-refractivity contribution in [2.75, 3.05) is 24.6 Å². The highest BCUT2D eigenvalue weighted by atomic mass is 35.5. The van der Waals surface area contributed by atoms with Crippen LogP contribution in [-0.2, 0) is 4.74 Å². The lowest BCUT2D eigenvalue weighted by Crippen LogP contribution is -2.25. The van der Waals surface area contributed by atoms with Gasteiger partial charge in [-0.05, 0) is 18.5 Å². The number of aromatic nitrogens is 2. The highest BCUT2D eigenvalue weighted by Crippen LogP contribution is 2.33. The van der Waals surface area contributed by atoms with Crippen molar-refractivity contribution in [2.45, 2.75) is 6.92 Å². The third-order valence-electron chi connectivity index (χ3n) is 2.88. The van der Waals surface area contributed by atoms with Crippen molar-refractivity contribution in [3.05, 3.63) is 41.5 Å². The van der Waals surface area contributed by atoms with E-state index in [2.05, 4.69) is 23.1 Å². The van der Waals surface area contributed by atoms with Gasteiger partial charge in [0.1, 0.15) is 10.6 Å². The van der Waals surface area contributed by atoms with E-state index in [0.717, 1.165) is 0 Å². The smallest absolute Gasteiger partial charge is 0.339 e. The van der Waals surface area contributed by atoms with E-state index in [4.69, 9.17) is 16.3 Å². The van der Waals surface area contributed by atoms with Gasteiger partial charge in [0, 0.05) is 18.5 Å². The van der Waals surface area contributed by atoms with Gasteiger partial charge in [0.25, 0.3) is 0 Å². The number of carbonyl (C=O) groups is 1. The van der Waals surface area contributed by atoms with E-state index >= 15 is 0 Å². The molecule has 7 heteroatoms. The van der Waals surface area contributed by atoms with Crippen LogP contribution < -0.4 is 4.90 Å². The molecular weight excluding hydrogens is 322 g/mol. The molecule has 0 unspecified atom stereocenters. The lowest BCUT2D eigenvalue weighted by Gasteiger charge is -2.21. The number of fused-ring (bicyclic) bond motifs is 1. The van der Waals surface area contributed by atoms with Crippen LogP contribution in [0.25, 0.3) is 10.2 Å². The Morgan fingerprint density at radius 2 is 2.09 bits per heavy atom. The molecule has 5 nitrogen and oxygen atoms in total. The molecule has 0 aliphatic rings. The maximum Gasteiger partial charge on any atom is 0.339 e. The second-order valence-corrected chi connectivity index (χ2v) is 5.54. The van der Waals surface area contributed by atoms with Gasteiger partial charge in [-0.2, -0.15) is 4.98 Å². The molecule has 0 saturated carbocycles. The van der Waals surface area contributed by atoms with E-state index in [1.54, 1.807) is 24.5 Å². The van der Waals surface area contributed by atoms with E-state index < -0.39 is 5.97 Å². The quantitative estimate of drug-likeness (QED) is 0.438. The molecule has 22 heavy (non-hydrogen) atoms. The minimum absolute atomic E-state index is 0.137. The van der Waals surface area contributed by atoms with Crippen LogP contribution in [0.1, 0.15) is 17.3 Å². The SMILES string of the molecule is C=CCN(CC=C)c1nc(Cl)nc2scc(C(=O)OCC)c12. The zero-order valence-corrected chi connectivity index (χ0v) is 13.8. The van der Waals surface area contributed by atoms with Gasteiger partial charge in [-0.1, -0.05) is 12.2 Å². The molecule has 2 heterocycles. The highest BCUT2D eigenvalue weighted by molar-refractivity contribution is 7.17. The lowest BCUT2D eigenvalue weighted by atomic mass is 10.2. The zero-order valence-electron chi connectivity index (χ0n) is 12.2. The summed E-state index contributed by atoms with van der Waals surface area (Å²) in [5, 5.41) is 2.51. The van der Waals surface area contributed by atoms with E-state index in [1.165, 1.54) is 11.3 Å². The fourth-order valence-corrected chi connectivity index (χ4v) is 3.16. The largest absolute Gasteiger partial charge is 0.462 e. The first-order valence-electron chi connectivity index (χ1n) is 6.70. The van der Waals surface area contributed by atoms with Gasteiger partial charge in [0.15, 0.2) is 0 Å². The number of anilines is 1. The maximum atomic E-state index is 12.1. The number of rotatable bonds is 7. The topological polar surface area (TPSA) is 55.3 Å². The van der Waals surface area contributed by atoms with E-state index in [0.29, 0.717) is 41.3 Å². The Morgan fingerprint density at radius 3 is 2.68 bits per heavy atom. The number of nitrogens with zero attached hydrogens (tertiary/aromatic N) is 3. The molecule has 2 rings (SSSR count). The van der Waals surface area contributed by atoms with Crippen molar-refractivity contribution in [1.29, 1.82) is 0 Å². The summed E-state index contributed by atoms with van der Waals surface area (Å²) in [6, 6.07) is 0. The summed E-state index contributed by atoms with van der Waals surface area (Å²) in [6.45, 7) is 10.7. The van der Waals surface area contributed by atoms with Gasteiger partial charge in [-0.15, -0.1) is 24.5 Å². The molecule has 0 spiro atoms. The molecule has 0 N–H and O–H groups in total. The lowest BCUT2D eigenvalue weighted by molar-refractivity contribution is 0.0529. The van der Waals surface area contributed by atoms with Gasteiger partial charge >= 0.3 is 5.97 Å². The molecule has 0 bridgehead atoms. The fourth-order valence-electron chi connectivity index (χ4n) is 2.05. The first kappa shape index (κ1) is 16.5. The van der Waals surface area contributed by atoms with Crippen LogP contribution in [-0.4, -0.2) is 35.6 Å². The van der Waals surface area contributed by atoms with E-state index in [-0.39, 0.29) is 5.28 Å². The molecule has 0 atom stereocenters. The maximum absolute atomic E-state index is 12.1. The Hall–Kier alpha value is -1.92. The van der Waals surface area contributed by atoms with Crippen molar-refractivity contribution < 1.29 is 9.53 Å². The van der Waals surface area contributed by atoms with Gasteiger partial charge in [0.05, 0.1) is 17.6 Å². The van der Waals surface area contributed by atoms with Crippen LogP contribution in [0.3, 0.4) is 0 Å². The third kappa shape index (κ3) is 3.28. The first-order valence-corrected chi connectivity index (χ1v) is 7.96. The number of hydrogen-bond acceptors (Lipinski definition) is 6. The van der Waals surface area contributed by atoms with Crippen LogP contribution >= 0.6 is 22.9 Å². The molecule has 0 amide bonds. The number of halogens is 1. The van der Waals surface area contributed by atoms with E-state index in [9.17, 15) is 4.79 Å². The van der Waals surface area contributed by atoms with Crippen molar-refractivity contribution in [3.63, 3.8) is 0 Å². The van der Waals surface area contributed by atoms with Crippen LogP contribution in [0, 0.1) is 0 Å². The van der Waals surface area contributed by atoms with Crippen LogP contribution in [0.5, 0.6) is 0 Å². The second kappa shape index (κ2) is 7.38. The standard InChI is InChI=1S/C15H16ClN3O2S/c1-4-7-19(8-5-2)12-11-10(14(20)21-6-3)9-22-13(11)18-15(16)17-12/h4-5,9H,1-2,6-8H2,3H3. The molecule has 0 fully saturated rings. The van der Waals surface area contributed by atoms with Crippen molar-refractivity contribution in [2.24, 2.45) is 0 Å². The molecular formula is C15H16ClN3O2S. The summed E-state index contributed by atoms with van der Waals surface area (Å²) in [5.41, 5.74) is 0.451. The molecule has 0 aliphatic carbocycles. The number of thiophene rings is 1. The molecule has 0 aliphatic heterocycles. The van der Waals surface area contributed by atoms with Gasteiger partial charge in [-0.3, -0.25) is 0 Å². The van der Waals surface area contributed by atoms with Gasteiger partial charge < -0.3 is 9.64 Å². The molecule has 2 aromatic heterocycles. The molecule has 0 saturated heterocycles. The fraction of sp³-hybridized carbons (Fsp3) is 0.267. The molecule has 0 radical (unpaired) electrons. The zero-order chi connectivity index (χ0) is 16.1. The minimum Gasteiger partial charge on any atom is -0.462 e. The Morgan fingerprint density at radius 1 is 1.41 bits per heavy atom. The average Bonchev–Trinajstić information content (AvgIpc) is 2.90. The average molecular weight is 338 g/mol. The minimum atomic E-state index is -0.391. The number of ether oxygens (including phenoxy) is 1. The van der Waals surface area contributed by atoms with Crippen LogP contribution in [0.15, 0.2) is 30.7 Å². The summed E-state index contributed by atoms with van der Waals surface area (Å²) in [6.07, 6.45) is 3.50. The summed E-state index contributed by atoms with van der Waals surface area (Å²) < 4.78 is 5.10. The normalized spacial score (nSPS) is 10.5. The van der Waals surface area contributed by atoms with Gasteiger partial charge in [-0.25, -0.2) is 9.78 Å². The summed E-state index contributed by atoms with van der Waals surface area (Å²) in [5.74, 6) is 0.192. The van der Waals surface area contributed by atoms with Gasteiger partial charge in [0.2, 0.25) is 5.28 Å². The summed E-state index contributed by atoms with van der Waals surface area (Å²) >= 11 is 7.34. The third-order valence-corrected chi connectivity index (χ3v) is 3.92.